The summed E-state index contributed by atoms with van der Waals surface area (Å²) in [6, 6.07) is 4.87. The fourth-order valence-electron chi connectivity index (χ4n) is 1.70. The van der Waals surface area contributed by atoms with E-state index in [0.717, 1.165) is 18.3 Å². The zero-order chi connectivity index (χ0) is 17.1. The van der Waals surface area contributed by atoms with E-state index < -0.39 is 21.8 Å². The Morgan fingerprint density at radius 3 is 2.48 bits per heavy atom. The fourth-order valence-corrected chi connectivity index (χ4v) is 2.29. The normalized spacial score (nSPS) is 12.2. The first-order valence-electron chi connectivity index (χ1n) is 6.38. The third-order valence-corrected chi connectivity index (χ3v) is 4.20. The Labute approximate surface area is 130 Å². The van der Waals surface area contributed by atoms with Gasteiger partial charge in [0.25, 0.3) is 10.0 Å². The van der Waals surface area contributed by atoms with Crippen molar-refractivity contribution in [1.82, 2.24) is 14.7 Å². The summed E-state index contributed by atoms with van der Waals surface area (Å²) in [6.07, 6.45) is -2.16. The van der Waals surface area contributed by atoms with Gasteiger partial charge in [-0.25, -0.2) is 23.1 Å². The molecular formula is C13H13F3N4O2S. The molecule has 124 valence electrons. The lowest BCUT2D eigenvalue weighted by molar-refractivity contribution is -0.137. The van der Waals surface area contributed by atoms with E-state index in [1.165, 1.54) is 25.4 Å². The molecule has 0 amide bonds. The minimum absolute atomic E-state index is 0.0940. The third-order valence-electron chi connectivity index (χ3n) is 2.90. The average molecular weight is 346 g/mol. The maximum Gasteiger partial charge on any atom is 0.416 e. The molecule has 0 unspecified atom stereocenters. The molecule has 0 radical (unpaired) electrons. The molecule has 0 aliphatic rings. The Hall–Kier alpha value is -2.20. The number of hydrogen-bond donors (Lipinski definition) is 2. The number of alkyl halides is 3. The number of rotatable bonds is 5. The summed E-state index contributed by atoms with van der Waals surface area (Å²) in [5.41, 5.74) is -0.327. The average Bonchev–Trinajstić information content (AvgIpc) is 2.53. The van der Waals surface area contributed by atoms with Gasteiger partial charge in [0, 0.05) is 6.54 Å². The Morgan fingerprint density at radius 2 is 1.91 bits per heavy atom. The van der Waals surface area contributed by atoms with Crippen LogP contribution in [0.4, 0.5) is 19.0 Å². The maximum absolute atomic E-state index is 12.6. The molecule has 6 nitrogen and oxygen atoms in total. The van der Waals surface area contributed by atoms with Crippen molar-refractivity contribution in [2.45, 2.75) is 17.7 Å². The first-order chi connectivity index (χ1) is 10.7. The Morgan fingerprint density at radius 1 is 1.17 bits per heavy atom. The predicted molar refractivity (Wildman–Crippen MR) is 77.0 cm³/mol. The molecule has 1 aromatic carbocycles. The number of aromatic nitrogens is 2. The lowest BCUT2D eigenvalue weighted by Crippen LogP contribution is -2.20. The molecule has 1 aromatic heterocycles. The number of nitrogens with zero attached hydrogens (tertiary/aromatic N) is 2. The van der Waals surface area contributed by atoms with E-state index in [2.05, 4.69) is 20.0 Å². The smallest absolute Gasteiger partial charge is 0.365 e. The molecule has 0 fully saturated rings. The van der Waals surface area contributed by atoms with Gasteiger partial charge < -0.3 is 5.32 Å². The highest BCUT2D eigenvalue weighted by Crippen LogP contribution is 2.29. The molecule has 0 aliphatic heterocycles. The minimum atomic E-state index is -4.40. The summed E-state index contributed by atoms with van der Waals surface area (Å²) in [5, 5.41) is 2.53. The number of sulfonamides is 1. The molecule has 1 heterocycles. The van der Waals surface area contributed by atoms with Crippen molar-refractivity contribution in [2.24, 2.45) is 0 Å². The Balaban J connectivity index is 2.07. The molecule has 0 saturated carbocycles. The van der Waals surface area contributed by atoms with Crippen LogP contribution in [0.15, 0.2) is 41.7 Å². The minimum Gasteiger partial charge on any atom is -0.365 e. The molecule has 0 aliphatic carbocycles. The number of benzene rings is 1. The van der Waals surface area contributed by atoms with E-state index in [4.69, 9.17) is 0 Å². The second-order valence-electron chi connectivity index (χ2n) is 4.50. The van der Waals surface area contributed by atoms with Gasteiger partial charge in [0.2, 0.25) is 0 Å². The first kappa shape index (κ1) is 17.2. The van der Waals surface area contributed by atoms with Crippen molar-refractivity contribution >= 4 is 15.8 Å². The topological polar surface area (TPSA) is 84.0 Å². The van der Waals surface area contributed by atoms with Crippen LogP contribution in [0.3, 0.4) is 0 Å². The van der Waals surface area contributed by atoms with Gasteiger partial charge in [0.05, 0.1) is 18.0 Å². The lowest BCUT2D eigenvalue weighted by atomic mass is 10.1. The monoisotopic (exact) mass is 346 g/mol. The fraction of sp³-hybridized carbons (Fsp3) is 0.231. The van der Waals surface area contributed by atoms with E-state index in [1.54, 1.807) is 0 Å². The highest BCUT2D eigenvalue weighted by Gasteiger charge is 2.30. The zero-order valence-corrected chi connectivity index (χ0v) is 12.7. The van der Waals surface area contributed by atoms with Crippen LogP contribution in [-0.2, 0) is 22.7 Å². The Kier molecular flexibility index (Phi) is 4.85. The van der Waals surface area contributed by atoms with Gasteiger partial charge in [-0.1, -0.05) is 12.1 Å². The van der Waals surface area contributed by atoms with Crippen LogP contribution in [0.1, 0.15) is 11.1 Å². The van der Waals surface area contributed by atoms with Crippen LogP contribution in [0.25, 0.3) is 0 Å². The quantitative estimate of drug-likeness (QED) is 0.865. The molecule has 23 heavy (non-hydrogen) atoms. The molecular weight excluding hydrogens is 333 g/mol. The van der Waals surface area contributed by atoms with Crippen molar-refractivity contribution in [3.63, 3.8) is 0 Å². The van der Waals surface area contributed by atoms with Crippen LogP contribution < -0.4 is 10.0 Å². The van der Waals surface area contributed by atoms with E-state index in [1.807, 2.05) is 0 Å². The number of nitrogens with one attached hydrogen (secondary N) is 2. The highest BCUT2D eigenvalue weighted by atomic mass is 32.2. The molecule has 0 saturated heterocycles. The second kappa shape index (κ2) is 6.50. The lowest BCUT2D eigenvalue weighted by Gasteiger charge is -2.10. The molecule has 0 atom stereocenters. The summed E-state index contributed by atoms with van der Waals surface area (Å²) < 4.78 is 62.9. The van der Waals surface area contributed by atoms with Gasteiger partial charge in [-0.05, 0) is 24.7 Å². The van der Waals surface area contributed by atoms with Gasteiger partial charge in [-0.15, -0.1) is 0 Å². The van der Waals surface area contributed by atoms with Crippen molar-refractivity contribution in [3.8, 4) is 0 Å². The van der Waals surface area contributed by atoms with Crippen LogP contribution in [0.5, 0.6) is 0 Å². The van der Waals surface area contributed by atoms with Crippen LogP contribution >= 0.6 is 0 Å². The summed E-state index contributed by atoms with van der Waals surface area (Å²) in [5.74, 6) is 0.248. The van der Waals surface area contributed by atoms with Gasteiger partial charge in [-0.2, -0.15) is 13.2 Å². The van der Waals surface area contributed by atoms with E-state index in [0.29, 0.717) is 5.56 Å². The van der Waals surface area contributed by atoms with E-state index in [9.17, 15) is 21.6 Å². The first-order valence-corrected chi connectivity index (χ1v) is 7.86. The summed E-state index contributed by atoms with van der Waals surface area (Å²) in [4.78, 5) is 7.60. The zero-order valence-electron chi connectivity index (χ0n) is 11.9. The van der Waals surface area contributed by atoms with Crippen molar-refractivity contribution in [2.75, 3.05) is 12.4 Å². The van der Waals surface area contributed by atoms with Crippen molar-refractivity contribution in [1.29, 1.82) is 0 Å². The molecule has 2 rings (SSSR count). The number of anilines is 1. The molecule has 10 heteroatoms. The van der Waals surface area contributed by atoms with Crippen LogP contribution in [0, 0.1) is 0 Å². The number of hydrogen-bond acceptors (Lipinski definition) is 5. The maximum atomic E-state index is 12.6. The summed E-state index contributed by atoms with van der Waals surface area (Å²) in [7, 11) is -2.43. The van der Waals surface area contributed by atoms with Gasteiger partial charge in [-0.3, -0.25) is 0 Å². The molecule has 0 spiro atoms. The van der Waals surface area contributed by atoms with E-state index in [-0.39, 0.29) is 17.4 Å². The van der Waals surface area contributed by atoms with E-state index >= 15 is 0 Å². The second-order valence-corrected chi connectivity index (χ2v) is 6.33. The van der Waals surface area contributed by atoms with Crippen molar-refractivity contribution in [3.05, 3.63) is 47.8 Å². The molecule has 0 bridgehead atoms. The van der Waals surface area contributed by atoms with Gasteiger partial charge in [0.1, 0.15) is 5.82 Å². The molecule has 2 aromatic rings. The standard InChI is InChI=1S/C13H13F3N4O2S/c1-17-23(21,22)12-8-19-11(7-20-12)18-6-9-3-2-4-10(5-9)13(14,15)16/h2-5,7-8,17H,6H2,1H3,(H,18,19). The molecule has 2 N–H and O–H groups in total. The van der Waals surface area contributed by atoms with Gasteiger partial charge >= 0.3 is 6.18 Å². The largest absolute Gasteiger partial charge is 0.416 e. The summed E-state index contributed by atoms with van der Waals surface area (Å²) >= 11 is 0. The highest BCUT2D eigenvalue weighted by molar-refractivity contribution is 7.89. The Bertz CT molecular complexity index is 777. The van der Waals surface area contributed by atoms with Crippen molar-refractivity contribution < 1.29 is 21.6 Å². The SMILES string of the molecule is CNS(=O)(=O)c1cnc(NCc2cccc(C(F)(F)F)c2)cn1. The van der Waals surface area contributed by atoms with Crippen LogP contribution in [0.2, 0.25) is 0 Å². The number of halogens is 3. The predicted octanol–water partition coefficient (Wildman–Crippen LogP) is 2.02. The van der Waals surface area contributed by atoms with Gasteiger partial charge in [0.15, 0.2) is 5.03 Å². The summed E-state index contributed by atoms with van der Waals surface area (Å²) in [6.45, 7) is 0.0940. The van der Waals surface area contributed by atoms with Crippen LogP contribution in [-0.4, -0.2) is 25.4 Å². The third kappa shape index (κ3) is 4.39.